The Hall–Kier alpha value is -4.57. The lowest BCUT2D eigenvalue weighted by Gasteiger charge is -2.33. The highest BCUT2D eigenvalue weighted by atomic mass is 16.6. The van der Waals surface area contributed by atoms with Crippen LogP contribution >= 0.6 is 0 Å². The molecule has 5 rings (SSSR count). The molecule has 1 aromatic heterocycles. The van der Waals surface area contributed by atoms with Crippen LogP contribution < -0.4 is 24.4 Å². The van der Waals surface area contributed by atoms with Gasteiger partial charge in [0.15, 0.2) is 40.6 Å². The lowest BCUT2D eigenvalue weighted by atomic mass is 10.0. The van der Waals surface area contributed by atoms with Gasteiger partial charge in [-0.05, 0) is 30.3 Å². The Bertz CT molecular complexity index is 1500. The van der Waals surface area contributed by atoms with Crippen molar-refractivity contribution in [2.75, 3.05) is 20.8 Å². The second kappa shape index (κ2) is 8.90. The summed E-state index contributed by atoms with van der Waals surface area (Å²) in [6.45, 7) is -0.357. The summed E-state index contributed by atoms with van der Waals surface area (Å²) in [5.74, 6) is 0.372. The highest BCUT2D eigenvalue weighted by Gasteiger charge is 2.34. The predicted octanol–water partition coefficient (Wildman–Crippen LogP) is 3.47. The van der Waals surface area contributed by atoms with E-state index in [1.54, 1.807) is 30.3 Å². The second-order valence-corrected chi connectivity index (χ2v) is 8.13. The van der Waals surface area contributed by atoms with Gasteiger partial charge in [0.25, 0.3) is 0 Å². The largest absolute Gasteiger partial charge is 0.508 e. The SMILES string of the molecule is COc1cc([C@H]2Oc3cc(-c4cc(=O)c5c(O)cc(O)cc5o4)ccc3O[C@@H]2CO)cc(OC)c1O. The zero-order valence-corrected chi connectivity index (χ0v) is 19.2. The van der Waals surface area contributed by atoms with E-state index in [9.17, 15) is 25.2 Å². The lowest BCUT2D eigenvalue weighted by Crippen LogP contribution is -2.36. The van der Waals surface area contributed by atoms with Crippen LogP contribution in [0.15, 0.2) is 57.7 Å². The van der Waals surface area contributed by atoms with Crippen molar-refractivity contribution in [2.24, 2.45) is 0 Å². The van der Waals surface area contributed by atoms with Crippen LogP contribution in [0.25, 0.3) is 22.3 Å². The predicted molar refractivity (Wildman–Crippen MR) is 127 cm³/mol. The standard InChI is InChI=1S/C26H22O10/c1-32-21-6-13(7-22(33-2)25(21)31)26-23(11-27)34-17-4-3-12(5-19(17)36-26)18-10-16(30)24-15(29)8-14(28)9-20(24)35-18/h3-10,23,26-29,31H,11H2,1-2H3/t23-,26-/m1/s1. The van der Waals surface area contributed by atoms with Crippen LogP contribution in [-0.4, -0.2) is 47.4 Å². The molecule has 0 unspecified atom stereocenters. The number of ether oxygens (including phenoxy) is 4. The van der Waals surface area contributed by atoms with E-state index in [0.29, 0.717) is 22.6 Å². The quantitative estimate of drug-likeness (QED) is 0.325. The van der Waals surface area contributed by atoms with Gasteiger partial charge in [-0.15, -0.1) is 0 Å². The van der Waals surface area contributed by atoms with Crippen molar-refractivity contribution >= 4 is 11.0 Å². The molecular formula is C26H22O10. The van der Waals surface area contributed by atoms with Crippen molar-refractivity contribution < 1.29 is 43.8 Å². The number of aliphatic hydroxyl groups is 1. The molecule has 0 saturated carbocycles. The third-order valence-electron chi connectivity index (χ3n) is 5.90. The molecule has 0 fully saturated rings. The third-order valence-corrected chi connectivity index (χ3v) is 5.90. The third kappa shape index (κ3) is 3.87. The Morgan fingerprint density at radius 3 is 2.28 bits per heavy atom. The normalized spacial score (nSPS) is 16.6. The van der Waals surface area contributed by atoms with Gasteiger partial charge >= 0.3 is 0 Å². The molecule has 36 heavy (non-hydrogen) atoms. The van der Waals surface area contributed by atoms with Crippen LogP contribution in [0, 0.1) is 0 Å². The van der Waals surface area contributed by atoms with Gasteiger partial charge in [-0.2, -0.15) is 0 Å². The minimum atomic E-state index is -0.793. The average Bonchev–Trinajstić information content (AvgIpc) is 2.87. The van der Waals surface area contributed by atoms with E-state index < -0.39 is 17.6 Å². The molecule has 186 valence electrons. The first kappa shape index (κ1) is 23.2. The van der Waals surface area contributed by atoms with Crippen molar-refractivity contribution in [3.63, 3.8) is 0 Å². The molecular weight excluding hydrogens is 472 g/mol. The molecule has 2 atom stereocenters. The fraction of sp³-hybridized carbons (Fsp3) is 0.192. The van der Waals surface area contributed by atoms with Crippen LogP contribution in [0.5, 0.6) is 40.2 Å². The number of rotatable bonds is 5. The van der Waals surface area contributed by atoms with E-state index in [1.807, 2.05) is 0 Å². The summed E-state index contributed by atoms with van der Waals surface area (Å²) in [6, 6.07) is 11.5. The zero-order chi connectivity index (χ0) is 25.6. The van der Waals surface area contributed by atoms with Crippen LogP contribution in [0.1, 0.15) is 11.7 Å². The molecule has 3 aromatic carbocycles. The fourth-order valence-electron chi connectivity index (χ4n) is 4.18. The van der Waals surface area contributed by atoms with Gasteiger partial charge in [-0.3, -0.25) is 4.79 Å². The monoisotopic (exact) mass is 494 g/mol. The van der Waals surface area contributed by atoms with Crippen molar-refractivity contribution in [1.29, 1.82) is 0 Å². The highest BCUT2D eigenvalue weighted by Crippen LogP contribution is 2.45. The minimum absolute atomic E-state index is 0.0198. The van der Waals surface area contributed by atoms with E-state index >= 15 is 0 Å². The summed E-state index contributed by atoms with van der Waals surface area (Å²) < 4.78 is 28.4. The molecule has 4 aromatic rings. The summed E-state index contributed by atoms with van der Waals surface area (Å²) in [5.41, 5.74) is 0.535. The second-order valence-electron chi connectivity index (χ2n) is 8.13. The number of aromatic hydroxyl groups is 3. The van der Waals surface area contributed by atoms with Crippen molar-refractivity contribution in [3.8, 4) is 51.6 Å². The summed E-state index contributed by atoms with van der Waals surface area (Å²) >= 11 is 0. The van der Waals surface area contributed by atoms with Gasteiger partial charge in [-0.25, -0.2) is 0 Å². The lowest BCUT2D eigenvalue weighted by molar-refractivity contribution is -0.0124. The van der Waals surface area contributed by atoms with E-state index in [-0.39, 0.29) is 52.1 Å². The maximum absolute atomic E-state index is 12.6. The molecule has 0 spiro atoms. The fourth-order valence-corrected chi connectivity index (χ4v) is 4.18. The summed E-state index contributed by atoms with van der Waals surface area (Å²) in [6.07, 6.45) is -1.56. The molecule has 1 aliphatic heterocycles. The van der Waals surface area contributed by atoms with Gasteiger partial charge in [-0.1, -0.05) is 0 Å². The first-order valence-electron chi connectivity index (χ1n) is 10.9. The van der Waals surface area contributed by atoms with Crippen LogP contribution in [0.4, 0.5) is 0 Å². The topological polar surface area (TPSA) is 148 Å². The molecule has 10 heteroatoms. The van der Waals surface area contributed by atoms with Gasteiger partial charge in [0.05, 0.1) is 20.8 Å². The van der Waals surface area contributed by atoms with E-state index in [1.165, 1.54) is 26.4 Å². The molecule has 0 saturated heterocycles. The number of aliphatic hydroxyl groups excluding tert-OH is 1. The van der Waals surface area contributed by atoms with Crippen LogP contribution in [0.3, 0.4) is 0 Å². The molecule has 10 nitrogen and oxygen atoms in total. The highest BCUT2D eigenvalue weighted by molar-refractivity contribution is 5.86. The maximum atomic E-state index is 12.6. The van der Waals surface area contributed by atoms with E-state index in [4.69, 9.17) is 23.4 Å². The van der Waals surface area contributed by atoms with Gasteiger partial charge in [0.1, 0.15) is 28.2 Å². The number of methoxy groups -OCH3 is 2. The number of hydrogen-bond acceptors (Lipinski definition) is 10. The Balaban J connectivity index is 1.57. The van der Waals surface area contributed by atoms with Crippen LogP contribution in [-0.2, 0) is 0 Å². The smallest absolute Gasteiger partial charge is 0.200 e. The summed E-state index contributed by atoms with van der Waals surface area (Å²) in [4.78, 5) is 12.6. The number of hydrogen-bond donors (Lipinski definition) is 4. The Morgan fingerprint density at radius 1 is 0.889 bits per heavy atom. The number of phenols is 3. The van der Waals surface area contributed by atoms with Gasteiger partial charge < -0.3 is 43.8 Å². The summed E-state index contributed by atoms with van der Waals surface area (Å²) in [5, 5.41) is 40.0. The molecule has 4 N–H and O–H groups in total. The Morgan fingerprint density at radius 2 is 1.61 bits per heavy atom. The zero-order valence-electron chi connectivity index (χ0n) is 19.2. The first-order chi connectivity index (χ1) is 17.3. The van der Waals surface area contributed by atoms with Crippen molar-refractivity contribution in [1.82, 2.24) is 0 Å². The number of phenolic OH excluding ortho intramolecular Hbond substituents is 3. The average molecular weight is 494 g/mol. The molecule has 2 heterocycles. The maximum Gasteiger partial charge on any atom is 0.200 e. The van der Waals surface area contributed by atoms with E-state index in [2.05, 4.69) is 0 Å². The molecule has 0 aliphatic carbocycles. The van der Waals surface area contributed by atoms with Gasteiger partial charge in [0, 0.05) is 29.3 Å². The first-order valence-corrected chi connectivity index (χ1v) is 10.9. The minimum Gasteiger partial charge on any atom is -0.508 e. The number of benzene rings is 3. The number of fused-ring (bicyclic) bond motifs is 2. The van der Waals surface area contributed by atoms with E-state index in [0.717, 1.165) is 6.07 Å². The van der Waals surface area contributed by atoms with Gasteiger partial charge in [0.2, 0.25) is 5.75 Å². The Labute approximate surface area is 204 Å². The summed E-state index contributed by atoms with van der Waals surface area (Å²) in [7, 11) is 2.80. The van der Waals surface area contributed by atoms with Crippen molar-refractivity contribution in [2.45, 2.75) is 12.2 Å². The molecule has 0 radical (unpaired) electrons. The molecule has 1 aliphatic rings. The molecule has 0 amide bonds. The Kier molecular flexibility index (Phi) is 5.73. The molecule has 0 bridgehead atoms. The van der Waals surface area contributed by atoms with Crippen LogP contribution in [0.2, 0.25) is 0 Å². The van der Waals surface area contributed by atoms with Crippen molar-refractivity contribution in [3.05, 3.63) is 64.3 Å².